The molecule has 0 saturated heterocycles. The zero-order valence-corrected chi connectivity index (χ0v) is 17.9. The summed E-state index contributed by atoms with van der Waals surface area (Å²) in [4.78, 5) is 22.5. The molecule has 0 aliphatic carbocycles. The van der Waals surface area contributed by atoms with Crippen molar-refractivity contribution in [3.05, 3.63) is 77.9 Å². The van der Waals surface area contributed by atoms with Crippen molar-refractivity contribution in [3.8, 4) is 0 Å². The Balaban J connectivity index is 1.68. The van der Waals surface area contributed by atoms with Crippen LogP contribution in [0.15, 0.2) is 67.0 Å². The molecule has 0 bridgehead atoms. The minimum absolute atomic E-state index is 0.0181. The number of carbonyl (C=O) groups excluding carboxylic acids is 1. The van der Waals surface area contributed by atoms with E-state index in [-0.39, 0.29) is 10.9 Å². The Morgan fingerprint density at radius 3 is 2.32 bits per heavy atom. The number of amides is 1. The lowest BCUT2D eigenvalue weighted by molar-refractivity contribution is -0.113. The van der Waals surface area contributed by atoms with Gasteiger partial charge in [-0.2, -0.15) is 0 Å². The SMILES string of the molecule is C=C(CN(C)C)C(=O)Nc1cccc(Nc2cc(Nc3ccc(F)c(Cl)c3)ncn2)c1. The first kappa shape index (κ1) is 22.2. The summed E-state index contributed by atoms with van der Waals surface area (Å²) in [6.07, 6.45) is 1.40. The van der Waals surface area contributed by atoms with Crippen LogP contribution in [-0.2, 0) is 4.79 Å². The van der Waals surface area contributed by atoms with Gasteiger partial charge in [-0.1, -0.05) is 24.2 Å². The number of anilines is 5. The average molecular weight is 441 g/mol. The Hall–Kier alpha value is -3.49. The van der Waals surface area contributed by atoms with Crippen LogP contribution in [0.25, 0.3) is 0 Å². The first-order valence-electron chi connectivity index (χ1n) is 9.35. The number of hydrogen-bond acceptors (Lipinski definition) is 6. The molecule has 9 heteroatoms. The lowest BCUT2D eigenvalue weighted by Crippen LogP contribution is -2.23. The zero-order chi connectivity index (χ0) is 22.4. The maximum absolute atomic E-state index is 13.3. The molecule has 0 atom stereocenters. The van der Waals surface area contributed by atoms with Crippen molar-refractivity contribution in [2.24, 2.45) is 0 Å². The summed E-state index contributed by atoms with van der Waals surface area (Å²) in [7, 11) is 3.75. The number of hydrogen-bond donors (Lipinski definition) is 3. The second-order valence-corrected chi connectivity index (χ2v) is 7.45. The van der Waals surface area contributed by atoms with Crippen molar-refractivity contribution < 1.29 is 9.18 Å². The molecule has 0 fully saturated rings. The Labute approximate surface area is 185 Å². The van der Waals surface area contributed by atoms with E-state index in [0.717, 1.165) is 5.69 Å². The smallest absolute Gasteiger partial charge is 0.252 e. The number of likely N-dealkylation sites (N-methyl/N-ethyl adjacent to an activating group) is 1. The van der Waals surface area contributed by atoms with Crippen molar-refractivity contribution in [1.29, 1.82) is 0 Å². The van der Waals surface area contributed by atoms with E-state index in [1.54, 1.807) is 24.3 Å². The van der Waals surface area contributed by atoms with Crippen LogP contribution in [-0.4, -0.2) is 41.4 Å². The van der Waals surface area contributed by atoms with E-state index in [4.69, 9.17) is 11.6 Å². The summed E-state index contributed by atoms with van der Waals surface area (Å²) in [5.41, 5.74) is 2.42. The number of nitrogens with zero attached hydrogens (tertiary/aromatic N) is 3. The van der Waals surface area contributed by atoms with E-state index in [9.17, 15) is 9.18 Å². The molecule has 31 heavy (non-hydrogen) atoms. The molecule has 0 unspecified atom stereocenters. The molecule has 3 aromatic rings. The molecule has 0 aliphatic heterocycles. The maximum Gasteiger partial charge on any atom is 0.252 e. The van der Waals surface area contributed by atoms with Gasteiger partial charge in [0.05, 0.1) is 5.02 Å². The lowest BCUT2D eigenvalue weighted by Gasteiger charge is -2.13. The van der Waals surface area contributed by atoms with E-state index in [0.29, 0.717) is 35.1 Å². The first-order valence-corrected chi connectivity index (χ1v) is 9.73. The minimum Gasteiger partial charge on any atom is -0.340 e. The summed E-state index contributed by atoms with van der Waals surface area (Å²) < 4.78 is 13.3. The van der Waals surface area contributed by atoms with Gasteiger partial charge >= 0.3 is 0 Å². The monoisotopic (exact) mass is 440 g/mol. The summed E-state index contributed by atoms with van der Waals surface area (Å²) >= 11 is 5.82. The summed E-state index contributed by atoms with van der Waals surface area (Å²) in [6.45, 7) is 4.29. The van der Waals surface area contributed by atoms with Gasteiger partial charge in [-0.3, -0.25) is 4.79 Å². The fraction of sp³-hybridized carbons (Fsp3) is 0.136. The predicted molar refractivity (Wildman–Crippen MR) is 123 cm³/mol. The fourth-order valence-electron chi connectivity index (χ4n) is 2.71. The van der Waals surface area contributed by atoms with E-state index in [1.165, 1.54) is 18.5 Å². The third-order valence-corrected chi connectivity index (χ3v) is 4.37. The Morgan fingerprint density at radius 2 is 1.68 bits per heavy atom. The molecule has 0 aliphatic rings. The van der Waals surface area contributed by atoms with Crippen molar-refractivity contribution >= 4 is 46.2 Å². The number of halogens is 2. The van der Waals surface area contributed by atoms with Gasteiger partial charge in [-0.05, 0) is 50.5 Å². The highest BCUT2D eigenvalue weighted by atomic mass is 35.5. The maximum atomic E-state index is 13.3. The molecular formula is C22H22ClFN6O. The number of aromatic nitrogens is 2. The molecule has 160 valence electrons. The van der Waals surface area contributed by atoms with Gasteiger partial charge in [-0.15, -0.1) is 0 Å². The van der Waals surface area contributed by atoms with Crippen molar-refractivity contribution in [2.45, 2.75) is 0 Å². The molecule has 3 rings (SSSR count). The van der Waals surface area contributed by atoms with E-state index in [2.05, 4.69) is 32.5 Å². The third-order valence-electron chi connectivity index (χ3n) is 4.08. The number of benzene rings is 2. The summed E-state index contributed by atoms with van der Waals surface area (Å²) in [5.74, 6) is 0.308. The van der Waals surface area contributed by atoms with E-state index >= 15 is 0 Å². The Morgan fingerprint density at radius 1 is 1.03 bits per heavy atom. The molecule has 7 nitrogen and oxygen atoms in total. The zero-order valence-electron chi connectivity index (χ0n) is 17.1. The molecule has 0 spiro atoms. The number of carbonyl (C=O) groups is 1. The predicted octanol–water partition coefficient (Wildman–Crippen LogP) is 4.81. The van der Waals surface area contributed by atoms with Crippen molar-refractivity contribution in [2.75, 3.05) is 36.6 Å². The summed E-state index contributed by atoms with van der Waals surface area (Å²) in [6, 6.07) is 13.2. The second kappa shape index (κ2) is 10.0. The van der Waals surface area contributed by atoms with Gasteiger partial charge in [0.1, 0.15) is 23.8 Å². The molecule has 3 N–H and O–H groups in total. The van der Waals surface area contributed by atoms with Gasteiger partial charge in [0.15, 0.2) is 0 Å². The fourth-order valence-corrected chi connectivity index (χ4v) is 2.89. The number of nitrogens with one attached hydrogen (secondary N) is 3. The van der Waals surface area contributed by atoms with Gasteiger partial charge in [0.25, 0.3) is 5.91 Å². The van der Waals surface area contributed by atoms with E-state index in [1.807, 2.05) is 31.1 Å². The van der Waals surface area contributed by atoms with Crippen LogP contribution in [0.3, 0.4) is 0 Å². The van der Waals surface area contributed by atoms with Crippen LogP contribution in [0.2, 0.25) is 5.02 Å². The van der Waals surface area contributed by atoms with Crippen LogP contribution >= 0.6 is 11.6 Å². The number of rotatable bonds is 8. The van der Waals surface area contributed by atoms with Gasteiger partial charge < -0.3 is 20.9 Å². The van der Waals surface area contributed by atoms with Crippen molar-refractivity contribution in [1.82, 2.24) is 14.9 Å². The molecular weight excluding hydrogens is 419 g/mol. The Kier molecular flexibility index (Phi) is 7.17. The van der Waals surface area contributed by atoms with E-state index < -0.39 is 5.82 Å². The van der Waals surface area contributed by atoms with Crippen LogP contribution in [0.5, 0.6) is 0 Å². The molecule has 0 radical (unpaired) electrons. The second-order valence-electron chi connectivity index (χ2n) is 7.04. The van der Waals surface area contributed by atoms with Crippen LogP contribution in [0.1, 0.15) is 0 Å². The lowest BCUT2D eigenvalue weighted by atomic mass is 10.2. The Bertz CT molecular complexity index is 1100. The minimum atomic E-state index is -0.491. The molecule has 1 heterocycles. The van der Waals surface area contributed by atoms with Gasteiger partial charge in [-0.25, -0.2) is 14.4 Å². The largest absolute Gasteiger partial charge is 0.340 e. The standard InChI is InChI=1S/C22H22ClFN6O/c1-14(12-30(2)3)22(31)29-16-6-4-5-15(9-16)27-20-11-21(26-13-25-20)28-17-7-8-19(24)18(23)10-17/h4-11,13H,1,12H2,2-3H3,(H,29,31)(H2,25,26,27,28). The van der Waals surface area contributed by atoms with Crippen LogP contribution in [0.4, 0.5) is 33.1 Å². The first-order chi connectivity index (χ1) is 14.8. The normalized spacial score (nSPS) is 10.6. The molecule has 2 aromatic carbocycles. The van der Waals surface area contributed by atoms with Crippen molar-refractivity contribution in [3.63, 3.8) is 0 Å². The molecule has 1 amide bonds. The van der Waals surface area contributed by atoms with Crippen LogP contribution in [0, 0.1) is 5.82 Å². The molecule has 0 saturated carbocycles. The topological polar surface area (TPSA) is 82.2 Å². The highest BCUT2D eigenvalue weighted by Crippen LogP contribution is 2.24. The molecule has 1 aromatic heterocycles. The third kappa shape index (κ3) is 6.50. The highest BCUT2D eigenvalue weighted by Gasteiger charge is 2.09. The summed E-state index contributed by atoms with van der Waals surface area (Å²) in [5, 5.41) is 9.07. The average Bonchev–Trinajstić information content (AvgIpc) is 2.71. The quantitative estimate of drug-likeness (QED) is 0.436. The van der Waals surface area contributed by atoms with Crippen LogP contribution < -0.4 is 16.0 Å². The highest BCUT2D eigenvalue weighted by molar-refractivity contribution is 6.31. The van der Waals surface area contributed by atoms with Gasteiger partial charge in [0.2, 0.25) is 0 Å². The van der Waals surface area contributed by atoms with Gasteiger partial charge in [0, 0.05) is 35.2 Å².